The van der Waals surface area contributed by atoms with Gasteiger partial charge in [0.05, 0.1) is 18.6 Å². The monoisotopic (exact) mass is 321 g/mol. The standard InChI is InChI=1S/C14H16FN5O3/c1-3-4-14(15)10(22)9(7(2)21)23-12(14)20-6-18-8-5-17-13(16)19-11(8)20/h5-7,9-10,12,21-22H,1-2H3,(H2,16,17,19)/t7-,9-,10+,12-,14?/m1/s1. The molecule has 3 heterocycles. The number of fused-ring (bicyclic) bond motifs is 1. The van der Waals surface area contributed by atoms with Crippen LogP contribution in [0.5, 0.6) is 0 Å². The fourth-order valence-electron chi connectivity index (χ4n) is 2.69. The number of hydrogen-bond acceptors (Lipinski definition) is 7. The molecular weight excluding hydrogens is 305 g/mol. The van der Waals surface area contributed by atoms with Crippen molar-refractivity contribution in [2.24, 2.45) is 0 Å². The Labute approximate surface area is 131 Å². The number of halogens is 1. The van der Waals surface area contributed by atoms with Crippen molar-refractivity contribution in [1.29, 1.82) is 0 Å². The van der Waals surface area contributed by atoms with Crippen molar-refractivity contribution in [3.05, 3.63) is 12.5 Å². The van der Waals surface area contributed by atoms with Gasteiger partial charge in [0.15, 0.2) is 11.9 Å². The highest BCUT2D eigenvalue weighted by Gasteiger charge is 2.59. The van der Waals surface area contributed by atoms with Gasteiger partial charge in [-0.05, 0) is 13.8 Å². The lowest BCUT2D eigenvalue weighted by Gasteiger charge is -2.23. The summed E-state index contributed by atoms with van der Waals surface area (Å²) in [7, 11) is 0. The molecule has 5 atom stereocenters. The molecule has 1 unspecified atom stereocenters. The Bertz CT molecular complexity index is 799. The van der Waals surface area contributed by atoms with Crippen LogP contribution in [0.1, 0.15) is 20.1 Å². The molecule has 0 radical (unpaired) electrons. The van der Waals surface area contributed by atoms with E-state index in [1.54, 1.807) is 0 Å². The molecule has 1 saturated heterocycles. The Morgan fingerprint density at radius 1 is 1.52 bits per heavy atom. The molecule has 0 saturated carbocycles. The van der Waals surface area contributed by atoms with E-state index in [9.17, 15) is 10.2 Å². The molecule has 122 valence electrons. The fraction of sp³-hybridized carbons (Fsp3) is 0.500. The lowest BCUT2D eigenvalue weighted by Crippen LogP contribution is -2.44. The van der Waals surface area contributed by atoms with E-state index in [1.807, 2.05) is 0 Å². The molecular formula is C14H16FN5O3. The van der Waals surface area contributed by atoms with Crippen LogP contribution in [-0.4, -0.2) is 53.7 Å². The van der Waals surface area contributed by atoms with Crippen molar-refractivity contribution in [1.82, 2.24) is 19.5 Å². The summed E-state index contributed by atoms with van der Waals surface area (Å²) < 4.78 is 22.2. The summed E-state index contributed by atoms with van der Waals surface area (Å²) in [5.41, 5.74) is 3.78. The van der Waals surface area contributed by atoms with Crippen LogP contribution in [0.25, 0.3) is 11.2 Å². The van der Waals surface area contributed by atoms with Gasteiger partial charge in [-0.15, -0.1) is 5.92 Å². The number of ether oxygens (including phenoxy) is 1. The highest BCUT2D eigenvalue weighted by atomic mass is 19.1. The molecule has 1 aliphatic rings. The second-order valence-corrected chi connectivity index (χ2v) is 5.37. The number of alkyl halides is 1. The Morgan fingerprint density at radius 3 is 2.91 bits per heavy atom. The SMILES string of the molecule is CC#CC1(F)[C@@H](O)[C@@H]([C@@H](C)O)O[C@H]1n1cnc2cnc(N)nc21. The van der Waals surface area contributed by atoms with Gasteiger partial charge < -0.3 is 20.7 Å². The summed E-state index contributed by atoms with van der Waals surface area (Å²) in [5.74, 6) is 4.80. The maximum atomic E-state index is 15.4. The van der Waals surface area contributed by atoms with E-state index in [0.717, 1.165) is 0 Å². The summed E-state index contributed by atoms with van der Waals surface area (Å²) >= 11 is 0. The van der Waals surface area contributed by atoms with E-state index >= 15 is 4.39 Å². The van der Waals surface area contributed by atoms with Gasteiger partial charge in [0.2, 0.25) is 11.6 Å². The number of hydrogen-bond donors (Lipinski definition) is 3. The molecule has 4 N–H and O–H groups in total. The molecule has 9 heteroatoms. The quantitative estimate of drug-likeness (QED) is 0.654. The van der Waals surface area contributed by atoms with Crippen LogP contribution in [0.3, 0.4) is 0 Å². The van der Waals surface area contributed by atoms with Crippen LogP contribution in [0.15, 0.2) is 12.5 Å². The van der Waals surface area contributed by atoms with Gasteiger partial charge in [-0.1, -0.05) is 5.92 Å². The molecule has 0 amide bonds. The van der Waals surface area contributed by atoms with Crippen molar-refractivity contribution >= 4 is 17.1 Å². The summed E-state index contributed by atoms with van der Waals surface area (Å²) in [6, 6.07) is 0. The third kappa shape index (κ3) is 2.31. The average Bonchev–Trinajstić information content (AvgIpc) is 3.00. The van der Waals surface area contributed by atoms with E-state index in [1.165, 1.54) is 30.9 Å². The van der Waals surface area contributed by atoms with Gasteiger partial charge in [-0.25, -0.2) is 14.4 Å². The normalized spacial score (nSPS) is 31.8. The van der Waals surface area contributed by atoms with Crippen LogP contribution in [0.4, 0.5) is 10.3 Å². The van der Waals surface area contributed by atoms with Gasteiger partial charge in [-0.2, -0.15) is 4.98 Å². The van der Waals surface area contributed by atoms with Gasteiger partial charge in [0.1, 0.15) is 17.7 Å². The Hall–Kier alpha value is -2.28. The van der Waals surface area contributed by atoms with Gasteiger partial charge >= 0.3 is 0 Å². The fourth-order valence-corrected chi connectivity index (χ4v) is 2.69. The van der Waals surface area contributed by atoms with Crippen LogP contribution < -0.4 is 5.73 Å². The minimum atomic E-state index is -2.43. The average molecular weight is 321 g/mol. The molecule has 2 aromatic rings. The van der Waals surface area contributed by atoms with Gasteiger partial charge in [0, 0.05) is 0 Å². The number of aromatic nitrogens is 4. The number of nitrogens with zero attached hydrogens (tertiary/aromatic N) is 4. The topological polar surface area (TPSA) is 119 Å². The molecule has 0 aromatic carbocycles. The zero-order chi connectivity index (χ0) is 16.8. The lowest BCUT2D eigenvalue weighted by molar-refractivity contribution is -0.0776. The highest BCUT2D eigenvalue weighted by molar-refractivity contribution is 5.70. The lowest BCUT2D eigenvalue weighted by atomic mass is 9.94. The summed E-state index contributed by atoms with van der Waals surface area (Å²) in [5, 5.41) is 20.0. The molecule has 1 fully saturated rings. The minimum Gasteiger partial charge on any atom is -0.391 e. The predicted molar refractivity (Wildman–Crippen MR) is 78.6 cm³/mol. The first-order valence-corrected chi connectivity index (χ1v) is 6.98. The zero-order valence-corrected chi connectivity index (χ0v) is 12.5. The van der Waals surface area contributed by atoms with Crippen molar-refractivity contribution in [3.63, 3.8) is 0 Å². The van der Waals surface area contributed by atoms with E-state index in [4.69, 9.17) is 10.5 Å². The van der Waals surface area contributed by atoms with Gasteiger partial charge in [-0.3, -0.25) is 4.57 Å². The maximum Gasteiger partial charge on any atom is 0.243 e. The van der Waals surface area contributed by atoms with Crippen molar-refractivity contribution in [2.45, 2.75) is 44.1 Å². The maximum absolute atomic E-state index is 15.4. The largest absolute Gasteiger partial charge is 0.391 e. The minimum absolute atomic E-state index is 0.00379. The Morgan fingerprint density at radius 2 is 2.26 bits per heavy atom. The summed E-state index contributed by atoms with van der Waals surface area (Å²) in [6.45, 7) is 2.86. The van der Waals surface area contributed by atoms with Crippen LogP contribution in [-0.2, 0) is 4.74 Å². The van der Waals surface area contributed by atoms with E-state index in [2.05, 4.69) is 26.8 Å². The van der Waals surface area contributed by atoms with Crippen LogP contribution in [0, 0.1) is 11.8 Å². The number of aliphatic hydroxyl groups is 2. The van der Waals surface area contributed by atoms with Crippen molar-refractivity contribution in [3.8, 4) is 11.8 Å². The predicted octanol–water partition coefficient (Wildman–Crippen LogP) is -0.221. The van der Waals surface area contributed by atoms with Crippen molar-refractivity contribution < 1.29 is 19.3 Å². The smallest absolute Gasteiger partial charge is 0.243 e. The summed E-state index contributed by atoms with van der Waals surface area (Å²) in [4.78, 5) is 11.9. The number of aliphatic hydroxyl groups excluding tert-OH is 2. The first kappa shape index (κ1) is 15.6. The van der Waals surface area contributed by atoms with Crippen molar-refractivity contribution in [2.75, 3.05) is 5.73 Å². The first-order valence-electron chi connectivity index (χ1n) is 6.98. The van der Waals surface area contributed by atoms with Gasteiger partial charge in [0.25, 0.3) is 0 Å². The number of rotatable bonds is 2. The Balaban J connectivity index is 2.14. The number of imidazole rings is 1. The molecule has 1 aliphatic heterocycles. The zero-order valence-electron chi connectivity index (χ0n) is 12.5. The second kappa shape index (κ2) is 5.42. The van der Waals surface area contributed by atoms with Crippen LogP contribution in [0.2, 0.25) is 0 Å². The third-order valence-corrected chi connectivity index (χ3v) is 3.77. The highest BCUT2D eigenvalue weighted by Crippen LogP contribution is 2.43. The Kier molecular flexibility index (Phi) is 3.68. The van der Waals surface area contributed by atoms with Crippen LogP contribution >= 0.6 is 0 Å². The first-order chi connectivity index (χ1) is 10.9. The third-order valence-electron chi connectivity index (χ3n) is 3.77. The molecule has 23 heavy (non-hydrogen) atoms. The number of nitrogen functional groups attached to an aromatic ring is 1. The molecule has 3 rings (SSSR count). The molecule has 0 bridgehead atoms. The number of nitrogens with two attached hydrogens (primary N) is 1. The molecule has 0 spiro atoms. The molecule has 2 aromatic heterocycles. The van der Waals surface area contributed by atoms with E-state index < -0.39 is 30.2 Å². The van der Waals surface area contributed by atoms with E-state index in [-0.39, 0.29) is 11.6 Å². The molecule has 0 aliphatic carbocycles. The molecule has 8 nitrogen and oxygen atoms in total. The number of anilines is 1. The van der Waals surface area contributed by atoms with E-state index in [0.29, 0.717) is 5.52 Å². The second-order valence-electron chi connectivity index (χ2n) is 5.37. The summed E-state index contributed by atoms with van der Waals surface area (Å²) in [6.07, 6.45) is -2.47.